The van der Waals surface area contributed by atoms with Gasteiger partial charge in [-0.05, 0) is 42.3 Å². The van der Waals surface area contributed by atoms with Crippen molar-refractivity contribution in [3.05, 3.63) is 65.0 Å². The highest BCUT2D eigenvalue weighted by atomic mass is 19.2. The molecule has 0 aliphatic carbocycles. The summed E-state index contributed by atoms with van der Waals surface area (Å²) in [6, 6.07) is 9.13. The van der Waals surface area contributed by atoms with Gasteiger partial charge in [0.05, 0.1) is 6.61 Å². The van der Waals surface area contributed by atoms with Gasteiger partial charge < -0.3 is 4.74 Å². The Balaban J connectivity index is 2.16. The maximum absolute atomic E-state index is 13.0. The number of ether oxygens (including phenoxy) is 1. The lowest BCUT2D eigenvalue weighted by atomic mass is 10.1. The second-order valence-electron chi connectivity index (χ2n) is 4.13. The summed E-state index contributed by atoms with van der Waals surface area (Å²) >= 11 is 0. The molecule has 4 heteroatoms. The molecule has 0 aliphatic rings. The van der Waals surface area contributed by atoms with Crippen molar-refractivity contribution in [1.29, 1.82) is 0 Å². The predicted molar refractivity (Wildman–Crippen MR) is 72.9 cm³/mol. The minimum absolute atomic E-state index is 0.260. The molecule has 104 valence electrons. The Morgan fingerprint density at radius 3 is 2.00 bits per heavy atom. The van der Waals surface area contributed by atoms with Crippen LogP contribution in [0.3, 0.4) is 0 Å². The Labute approximate surface area is 115 Å². The molecule has 0 atom stereocenters. The van der Waals surface area contributed by atoms with Crippen LogP contribution in [-0.4, -0.2) is 6.61 Å². The lowest BCUT2D eigenvalue weighted by Gasteiger charge is -2.02. The third-order valence-electron chi connectivity index (χ3n) is 2.67. The van der Waals surface area contributed by atoms with Crippen LogP contribution >= 0.6 is 0 Å². The summed E-state index contributed by atoms with van der Waals surface area (Å²) < 4.78 is 44.2. The molecule has 0 bridgehead atoms. The Morgan fingerprint density at radius 2 is 1.45 bits per heavy atom. The fourth-order valence-corrected chi connectivity index (χ4v) is 1.71. The van der Waals surface area contributed by atoms with Gasteiger partial charge in [0.25, 0.3) is 0 Å². The SMILES string of the molecule is CCOc1ccc(C=Cc2cc(F)c(F)c(F)c2)cc1. The quantitative estimate of drug-likeness (QED) is 0.583. The zero-order chi connectivity index (χ0) is 14.5. The second-order valence-corrected chi connectivity index (χ2v) is 4.13. The first-order valence-electron chi connectivity index (χ1n) is 6.15. The molecule has 0 heterocycles. The smallest absolute Gasteiger partial charge is 0.194 e. The van der Waals surface area contributed by atoms with Crippen molar-refractivity contribution in [2.24, 2.45) is 0 Å². The van der Waals surface area contributed by atoms with Gasteiger partial charge in [-0.1, -0.05) is 24.3 Å². The number of rotatable bonds is 4. The van der Waals surface area contributed by atoms with E-state index in [4.69, 9.17) is 4.74 Å². The van der Waals surface area contributed by atoms with Crippen molar-refractivity contribution >= 4 is 12.2 Å². The lowest BCUT2D eigenvalue weighted by Crippen LogP contribution is -1.91. The third kappa shape index (κ3) is 3.41. The maximum Gasteiger partial charge on any atom is 0.194 e. The minimum Gasteiger partial charge on any atom is -0.494 e. The average molecular weight is 278 g/mol. The molecule has 0 aromatic heterocycles. The molecule has 1 nitrogen and oxygen atoms in total. The van der Waals surface area contributed by atoms with E-state index in [1.807, 2.05) is 19.1 Å². The zero-order valence-electron chi connectivity index (χ0n) is 10.9. The van der Waals surface area contributed by atoms with E-state index in [0.29, 0.717) is 6.61 Å². The molecule has 0 unspecified atom stereocenters. The van der Waals surface area contributed by atoms with E-state index in [1.54, 1.807) is 18.2 Å². The molecule has 20 heavy (non-hydrogen) atoms. The monoisotopic (exact) mass is 278 g/mol. The van der Waals surface area contributed by atoms with E-state index >= 15 is 0 Å². The molecule has 2 rings (SSSR count). The Hall–Kier alpha value is -2.23. The van der Waals surface area contributed by atoms with Gasteiger partial charge in [-0.15, -0.1) is 0 Å². The number of hydrogen-bond acceptors (Lipinski definition) is 1. The third-order valence-corrected chi connectivity index (χ3v) is 2.67. The van der Waals surface area contributed by atoms with Crippen molar-refractivity contribution in [3.63, 3.8) is 0 Å². The highest BCUT2D eigenvalue weighted by Crippen LogP contribution is 2.17. The van der Waals surface area contributed by atoms with E-state index in [9.17, 15) is 13.2 Å². The molecule has 0 aliphatic heterocycles. The molecule has 0 spiro atoms. The Kier molecular flexibility index (Phi) is 4.45. The van der Waals surface area contributed by atoms with Crippen LogP contribution in [0.15, 0.2) is 36.4 Å². The van der Waals surface area contributed by atoms with Crippen molar-refractivity contribution in [2.45, 2.75) is 6.92 Å². The molecule has 0 fully saturated rings. The summed E-state index contributed by atoms with van der Waals surface area (Å²) in [5.74, 6) is -3.10. The van der Waals surface area contributed by atoms with Gasteiger partial charge in [-0.25, -0.2) is 13.2 Å². The number of hydrogen-bond donors (Lipinski definition) is 0. The first-order valence-corrected chi connectivity index (χ1v) is 6.15. The van der Waals surface area contributed by atoms with Crippen LogP contribution in [0.25, 0.3) is 12.2 Å². The maximum atomic E-state index is 13.0. The summed E-state index contributed by atoms with van der Waals surface area (Å²) in [6.07, 6.45) is 3.20. The predicted octanol–water partition coefficient (Wildman–Crippen LogP) is 4.67. The molecule has 0 N–H and O–H groups in total. The first kappa shape index (κ1) is 14.2. The Bertz CT molecular complexity index is 595. The van der Waals surface area contributed by atoms with Crippen molar-refractivity contribution < 1.29 is 17.9 Å². The normalized spacial score (nSPS) is 11.0. The van der Waals surface area contributed by atoms with E-state index < -0.39 is 17.5 Å². The summed E-state index contributed by atoms with van der Waals surface area (Å²) in [7, 11) is 0. The van der Waals surface area contributed by atoms with Crippen LogP contribution in [0.4, 0.5) is 13.2 Å². The van der Waals surface area contributed by atoms with Crippen LogP contribution in [0, 0.1) is 17.5 Å². The van der Waals surface area contributed by atoms with Crippen LogP contribution in [0.1, 0.15) is 18.1 Å². The van der Waals surface area contributed by atoms with Crippen LogP contribution in [0.2, 0.25) is 0 Å². The van der Waals surface area contributed by atoms with Gasteiger partial charge in [0, 0.05) is 0 Å². The van der Waals surface area contributed by atoms with Gasteiger partial charge in [0.2, 0.25) is 0 Å². The minimum atomic E-state index is -1.46. The molecule has 0 saturated carbocycles. The van der Waals surface area contributed by atoms with Gasteiger partial charge in [-0.2, -0.15) is 0 Å². The van der Waals surface area contributed by atoms with Crippen molar-refractivity contribution in [3.8, 4) is 5.75 Å². The van der Waals surface area contributed by atoms with Gasteiger partial charge >= 0.3 is 0 Å². The number of benzene rings is 2. The van der Waals surface area contributed by atoms with Crippen molar-refractivity contribution in [2.75, 3.05) is 6.61 Å². The van der Waals surface area contributed by atoms with E-state index in [2.05, 4.69) is 0 Å². The van der Waals surface area contributed by atoms with E-state index in [-0.39, 0.29) is 5.56 Å². The van der Waals surface area contributed by atoms with Crippen molar-refractivity contribution in [1.82, 2.24) is 0 Å². The fraction of sp³-hybridized carbons (Fsp3) is 0.125. The van der Waals surface area contributed by atoms with E-state index in [0.717, 1.165) is 23.4 Å². The largest absolute Gasteiger partial charge is 0.494 e. The standard InChI is InChI=1S/C16H13F3O/c1-2-20-13-7-5-11(6-8-13)3-4-12-9-14(17)16(19)15(18)10-12/h3-10H,2H2,1H3. The van der Waals surface area contributed by atoms with Crippen LogP contribution in [0.5, 0.6) is 5.75 Å². The van der Waals surface area contributed by atoms with Gasteiger partial charge in [0.1, 0.15) is 5.75 Å². The topological polar surface area (TPSA) is 9.23 Å². The van der Waals surface area contributed by atoms with E-state index in [1.165, 1.54) is 6.08 Å². The van der Waals surface area contributed by atoms with Gasteiger partial charge in [0.15, 0.2) is 17.5 Å². The lowest BCUT2D eigenvalue weighted by molar-refractivity contribution is 0.340. The van der Waals surface area contributed by atoms with Crippen LogP contribution < -0.4 is 4.74 Å². The van der Waals surface area contributed by atoms with Gasteiger partial charge in [-0.3, -0.25) is 0 Å². The molecule has 0 saturated heterocycles. The molecule has 2 aromatic carbocycles. The fourth-order valence-electron chi connectivity index (χ4n) is 1.71. The summed E-state index contributed by atoms with van der Waals surface area (Å²) in [4.78, 5) is 0. The van der Waals surface area contributed by atoms with Crippen LogP contribution in [-0.2, 0) is 0 Å². The molecule has 0 radical (unpaired) electrons. The molecular weight excluding hydrogens is 265 g/mol. The summed E-state index contributed by atoms with van der Waals surface area (Å²) in [5, 5.41) is 0. The second kappa shape index (κ2) is 6.28. The molecular formula is C16H13F3O. The Morgan fingerprint density at radius 1 is 0.900 bits per heavy atom. The highest BCUT2D eigenvalue weighted by molar-refractivity contribution is 5.69. The molecule has 2 aromatic rings. The average Bonchev–Trinajstić information content (AvgIpc) is 2.44. The zero-order valence-corrected chi connectivity index (χ0v) is 10.9. The molecule has 0 amide bonds. The first-order chi connectivity index (χ1) is 9.60. The highest BCUT2D eigenvalue weighted by Gasteiger charge is 2.08. The number of halogens is 3. The summed E-state index contributed by atoms with van der Waals surface area (Å²) in [6.45, 7) is 2.48. The summed E-state index contributed by atoms with van der Waals surface area (Å²) in [5.41, 5.74) is 1.11.